The Morgan fingerprint density at radius 3 is 2.35 bits per heavy atom. The summed E-state index contributed by atoms with van der Waals surface area (Å²) < 4.78 is 0. The van der Waals surface area contributed by atoms with Gasteiger partial charge in [0, 0.05) is 6.54 Å². The first-order valence-electron chi connectivity index (χ1n) is 6.35. The molecule has 0 amide bonds. The number of nitrogens with two attached hydrogens (primary N) is 1. The summed E-state index contributed by atoms with van der Waals surface area (Å²) in [7, 11) is 0. The first kappa shape index (κ1) is 14.5. The van der Waals surface area contributed by atoms with Gasteiger partial charge in [0.15, 0.2) is 0 Å². The Hall–Kier alpha value is -0.570. The molecule has 1 aliphatic heterocycles. The van der Waals surface area contributed by atoms with Crippen molar-refractivity contribution < 1.29 is 0 Å². The first-order chi connectivity index (χ1) is 7.88. The monoisotopic (exact) mass is 254 g/mol. The lowest BCUT2D eigenvalue weighted by Gasteiger charge is -2.31. The van der Waals surface area contributed by atoms with Gasteiger partial charge in [-0.1, -0.05) is 30.3 Å². The number of likely N-dealkylation sites (tertiary alicyclic amines) is 1. The summed E-state index contributed by atoms with van der Waals surface area (Å²) in [6, 6.07) is 10.8. The standard InChI is InChI=1S/C14H22N2.ClH/c15-9-6-13-7-10-16(11-8-13)12-14-4-2-1-3-5-14;/h1-5,13H,6-12,15H2;1H. The van der Waals surface area contributed by atoms with Crippen molar-refractivity contribution in [1.82, 2.24) is 4.90 Å². The molecule has 1 aliphatic rings. The fourth-order valence-electron chi connectivity index (χ4n) is 2.51. The van der Waals surface area contributed by atoms with Crippen molar-refractivity contribution in [3.63, 3.8) is 0 Å². The number of piperidine rings is 1. The van der Waals surface area contributed by atoms with Crippen LogP contribution in [0, 0.1) is 5.92 Å². The maximum atomic E-state index is 5.60. The van der Waals surface area contributed by atoms with Gasteiger partial charge in [0.1, 0.15) is 0 Å². The van der Waals surface area contributed by atoms with E-state index >= 15 is 0 Å². The van der Waals surface area contributed by atoms with E-state index in [1.54, 1.807) is 0 Å². The summed E-state index contributed by atoms with van der Waals surface area (Å²) in [4.78, 5) is 2.56. The minimum atomic E-state index is 0. The van der Waals surface area contributed by atoms with Gasteiger partial charge >= 0.3 is 0 Å². The van der Waals surface area contributed by atoms with Crippen LogP contribution >= 0.6 is 12.4 Å². The molecule has 0 spiro atoms. The fourth-order valence-corrected chi connectivity index (χ4v) is 2.51. The zero-order valence-electron chi connectivity index (χ0n) is 10.3. The van der Waals surface area contributed by atoms with E-state index in [1.807, 2.05) is 0 Å². The van der Waals surface area contributed by atoms with E-state index in [2.05, 4.69) is 35.2 Å². The Kier molecular flexibility index (Phi) is 6.56. The molecule has 2 nitrogen and oxygen atoms in total. The smallest absolute Gasteiger partial charge is 0.0233 e. The third-order valence-electron chi connectivity index (χ3n) is 3.53. The maximum absolute atomic E-state index is 5.60. The second kappa shape index (κ2) is 7.70. The predicted octanol–water partition coefficient (Wildman–Crippen LogP) is 2.67. The molecule has 96 valence electrons. The molecule has 1 heterocycles. The highest BCUT2D eigenvalue weighted by molar-refractivity contribution is 5.85. The van der Waals surface area contributed by atoms with Crippen LogP contribution in [0.2, 0.25) is 0 Å². The number of rotatable bonds is 4. The molecule has 1 aromatic carbocycles. The summed E-state index contributed by atoms with van der Waals surface area (Å²) in [5, 5.41) is 0. The second-order valence-electron chi connectivity index (χ2n) is 4.78. The van der Waals surface area contributed by atoms with Gasteiger partial charge in [0.2, 0.25) is 0 Å². The highest BCUT2D eigenvalue weighted by Crippen LogP contribution is 2.21. The molecule has 2 N–H and O–H groups in total. The number of benzene rings is 1. The van der Waals surface area contributed by atoms with Crippen LogP contribution in [0.1, 0.15) is 24.8 Å². The van der Waals surface area contributed by atoms with Crippen molar-refractivity contribution in [2.45, 2.75) is 25.8 Å². The Bertz CT molecular complexity index is 294. The molecule has 0 bridgehead atoms. The van der Waals surface area contributed by atoms with Crippen LogP contribution in [-0.2, 0) is 6.54 Å². The minimum absolute atomic E-state index is 0. The Morgan fingerprint density at radius 2 is 1.76 bits per heavy atom. The van der Waals surface area contributed by atoms with Crippen LogP contribution in [0.15, 0.2) is 30.3 Å². The van der Waals surface area contributed by atoms with Crippen molar-refractivity contribution in [1.29, 1.82) is 0 Å². The number of hydrogen-bond donors (Lipinski definition) is 1. The average Bonchev–Trinajstić information content (AvgIpc) is 2.33. The van der Waals surface area contributed by atoms with Crippen molar-refractivity contribution >= 4 is 12.4 Å². The largest absolute Gasteiger partial charge is 0.330 e. The molecule has 2 rings (SSSR count). The van der Waals surface area contributed by atoms with E-state index < -0.39 is 0 Å². The van der Waals surface area contributed by atoms with E-state index in [4.69, 9.17) is 5.73 Å². The number of halogens is 1. The van der Waals surface area contributed by atoms with Gasteiger partial charge in [0.05, 0.1) is 0 Å². The molecule has 17 heavy (non-hydrogen) atoms. The third kappa shape index (κ3) is 4.66. The van der Waals surface area contributed by atoms with Crippen molar-refractivity contribution in [3.8, 4) is 0 Å². The summed E-state index contributed by atoms with van der Waals surface area (Å²) in [6.07, 6.45) is 3.85. The molecule has 0 radical (unpaired) electrons. The lowest BCUT2D eigenvalue weighted by Crippen LogP contribution is -2.33. The number of nitrogens with zero attached hydrogens (tertiary/aromatic N) is 1. The first-order valence-corrected chi connectivity index (χ1v) is 6.35. The van der Waals surface area contributed by atoms with Gasteiger partial charge in [-0.2, -0.15) is 0 Å². The van der Waals surface area contributed by atoms with E-state index in [0.717, 1.165) is 19.0 Å². The summed E-state index contributed by atoms with van der Waals surface area (Å²) in [6.45, 7) is 4.43. The van der Waals surface area contributed by atoms with Crippen LogP contribution < -0.4 is 5.73 Å². The molecule has 1 saturated heterocycles. The van der Waals surface area contributed by atoms with Crippen molar-refractivity contribution in [3.05, 3.63) is 35.9 Å². The molecule has 3 heteroatoms. The van der Waals surface area contributed by atoms with Gasteiger partial charge in [-0.15, -0.1) is 12.4 Å². The summed E-state index contributed by atoms with van der Waals surface area (Å²) in [5.74, 6) is 0.872. The van der Waals surface area contributed by atoms with Crippen molar-refractivity contribution in [2.24, 2.45) is 11.7 Å². The molecule has 0 atom stereocenters. The van der Waals surface area contributed by atoms with Crippen LogP contribution in [0.3, 0.4) is 0 Å². The molecule has 0 aromatic heterocycles. The van der Waals surface area contributed by atoms with Gasteiger partial charge in [-0.25, -0.2) is 0 Å². The Balaban J connectivity index is 0.00000144. The fraction of sp³-hybridized carbons (Fsp3) is 0.571. The highest BCUT2D eigenvalue weighted by atomic mass is 35.5. The molecular formula is C14H23ClN2. The summed E-state index contributed by atoms with van der Waals surface area (Å²) >= 11 is 0. The van der Waals surface area contributed by atoms with Crippen molar-refractivity contribution in [2.75, 3.05) is 19.6 Å². The van der Waals surface area contributed by atoms with Crippen LogP contribution in [-0.4, -0.2) is 24.5 Å². The van der Waals surface area contributed by atoms with Gasteiger partial charge < -0.3 is 5.73 Å². The molecule has 0 aliphatic carbocycles. The van der Waals surface area contributed by atoms with Gasteiger partial charge in [-0.05, 0) is 50.4 Å². The van der Waals surface area contributed by atoms with E-state index in [1.165, 1.54) is 37.9 Å². The normalized spacial score (nSPS) is 17.7. The quantitative estimate of drug-likeness (QED) is 0.895. The second-order valence-corrected chi connectivity index (χ2v) is 4.78. The molecular weight excluding hydrogens is 232 g/mol. The molecule has 0 unspecified atom stereocenters. The zero-order chi connectivity index (χ0) is 11.2. The average molecular weight is 255 g/mol. The maximum Gasteiger partial charge on any atom is 0.0233 e. The van der Waals surface area contributed by atoms with Crippen LogP contribution in [0.25, 0.3) is 0 Å². The predicted molar refractivity (Wildman–Crippen MR) is 75.4 cm³/mol. The Morgan fingerprint density at radius 1 is 1.12 bits per heavy atom. The van der Waals surface area contributed by atoms with Crippen LogP contribution in [0.5, 0.6) is 0 Å². The summed E-state index contributed by atoms with van der Waals surface area (Å²) in [5.41, 5.74) is 7.03. The topological polar surface area (TPSA) is 29.3 Å². The van der Waals surface area contributed by atoms with Gasteiger partial charge in [0.25, 0.3) is 0 Å². The van der Waals surface area contributed by atoms with E-state index in [0.29, 0.717) is 0 Å². The van der Waals surface area contributed by atoms with E-state index in [9.17, 15) is 0 Å². The zero-order valence-corrected chi connectivity index (χ0v) is 11.2. The highest BCUT2D eigenvalue weighted by Gasteiger charge is 2.18. The molecule has 1 aromatic rings. The van der Waals surface area contributed by atoms with Gasteiger partial charge in [-0.3, -0.25) is 4.90 Å². The Labute approximate surface area is 111 Å². The third-order valence-corrected chi connectivity index (χ3v) is 3.53. The lowest BCUT2D eigenvalue weighted by atomic mass is 9.93. The minimum Gasteiger partial charge on any atom is -0.330 e. The molecule has 0 saturated carbocycles. The van der Waals surface area contributed by atoms with E-state index in [-0.39, 0.29) is 12.4 Å². The lowest BCUT2D eigenvalue weighted by molar-refractivity contribution is 0.173. The molecule has 1 fully saturated rings. The van der Waals surface area contributed by atoms with Crippen LogP contribution in [0.4, 0.5) is 0 Å². The number of hydrogen-bond acceptors (Lipinski definition) is 2. The SMILES string of the molecule is Cl.NCCC1CCN(Cc2ccccc2)CC1.